The van der Waals surface area contributed by atoms with Crippen LogP contribution in [0.25, 0.3) is 11.0 Å². The summed E-state index contributed by atoms with van der Waals surface area (Å²) in [6, 6.07) is 9.95. The van der Waals surface area contributed by atoms with Crippen LogP contribution in [0.3, 0.4) is 0 Å². The van der Waals surface area contributed by atoms with Crippen molar-refractivity contribution in [3.63, 3.8) is 0 Å². The average molecular weight is 229 g/mol. The molecular formula is C13H15N3O. The molecule has 1 aromatic heterocycles. The molecule has 2 aromatic rings. The maximum atomic E-state index is 9.35. The van der Waals surface area contributed by atoms with Crippen LogP contribution in [0.4, 0.5) is 0 Å². The maximum absolute atomic E-state index is 9.35. The van der Waals surface area contributed by atoms with Crippen molar-refractivity contribution in [2.24, 2.45) is 0 Å². The van der Waals surface area contributed by atoms with Gasteiger partial charge in [-0.2, -0.15) is 5.26 Å². The van der Waals surface area contributed by atoms with E-state index in [9.17, 15) is 5.11 Å². The van der Waals surface area contributed by atoms with E-state index in [-0.39, 0.29) is 6.10 Å². The minimum atomic E-state index is -0.342. The Morgan fingerprint density at radius 1 is 1.47 bits per heavy atom. The number of aryl methyl sites for hydroxylation is 1. The summed E-state index contributed by atoms with van der Waals surface area (Å²) in [5.74, 6) is 0.773. The van der Waals surface area contributed by atoms with Gasteiger partial charge in [0, 0.05) is 6.54 Å². The van der Waals surface area contributed by atoms with Crippen LogP contribution in [0.15, 0.2) is 24.3 Å². The first kappa shape index (κ1) is 11.6. The number of imidazole rings is 1. The van der Waals surface area contributed by atoms with Gasteiger partial charge in [-0.1, -0.05) is 12.1 Å². The van der Waals surface area contributed by atoms with E-state index in [4.69, 9.17) is 5.26 Å². The Kier molecular flexibility index (Phi) is 3.40. The fourth-order valence-electron chi connectivity index (χ4n) is 1.90. The Labute approximate surface area is 100 Å². The highest BCUT2D eigenvalue weighted by molar-refractivity contribution is 5.75. The first-order valence-electron chi connectivity index (χ1n) is 5.71. The lowest BCUT2D eigenvalue weighted by atomic mass is 10.2. The summed E-state index contributed by atoms with van der Waals surface area (Å²) in [6.07, 6.45) is 0.624. The van der Waals surface area contributed by atoms with Gasteiger partial charge in [0.25, 0.3) is 0 Å². The van der Waals surface area contributed by atoms with Crippen molar-refractivity contribution in [2.45, 2.75) is 32.4 Å². The van der Waals surface area contributed by atoms with Crippen LogP contribution in [-0.2, 0) is 13.0 Å². The molecule has 1 atom stereocenters. The van der Waals surface area contributed by atoms with E-state index >= 15 is 0 Å². The molecule has 0 aliphatic rings. The molecule has 2 rings (SSSR count). The van der Waals surface area contributed by atoms with Gasteiger partial charge in [0.05, 0.1) is 29.6 Å². The van der Waals surface area contributed by atoms with E-state index in [2.05, 4.69) is 11.1 Å². The Morgan fingerprint density at radius 3 is 2.94 bits per heavy atom. The van der Waals surface area contributed by atoms with Gasteiger partial charge >= 0.3 is 0 Å². The van der Waals surface area contributed by atoms with Crippen molar-refractivity contribution < 1.29 is 5.11 Å². The van der Waals surface area contributed by atoms with Gasteiger partial charge in [-0.05, 0) is 25.5 Å². The second-order valence-electron chi connectivity index (χ2n) is 4.14. The van der Waals surface area contributed by atoms with Gasteiger partial charge < -0.3 is 9.67 Å². The third-order valence-corrected chi connectivity index (χ3v) is 2.74. The number of nitrogens with zero attached hydrogens (tertiary/aromatic N) is 3. The zero-order valence-corrected chi connectivity index (χ0v) is 9.80. The minimum Gasteiger partial charge on any atom is -0.393 e. The third kappa shape index (κ3) is 2.45. The molecule has 1 unspecified atom stereocenters. The first-order valence-corrected chi connectivity index (χ1v) is 5.71. The van der Waals surface area contributed by atoms with Crippen molar-refractivity contribution in [2.75, 3.05) is 0 Å². The summed E-state index contributed by atoms with van der Waals surface area (Å²) in [5.41, 5.74) is 1.93. The summed E-state index contributed by atoms with van der Waals surface area (Å²) in [5, 5.41) is 18.1. The second kappa shape index (κ2) is 4.98. The van der Waals surface area contributed by atoms with Crippen LogP contribution in [0, 0.1) is 11.3 Å². The number of fused-ring (bicyclic) bond motifs is 1. The number of para-hydroxylation sites is 2. The molecule has 0 amide bonds. The number of benzene rings is 1. The average Bonchev–Trinajstić information content (AvgIpc) is 2.64. The monoisotopic (exact) mass is 229 g/mol. The van der Waals surface area contributed by atoms with Gasteiger partial charge in [-0.15, -0.1) is 0 Å². The van der Waals surface area contributed by atoms with E-state index in [0.717, 1.165) is 16.9 Å². The molecule has 4 heteroatoms. The number of aromatic nitrogens is 2. The van der Waals surface area contributed by atoms with Crippen molar-refractivity contribution in [3.8, 4) is 6.07 Å². The summed E-state index contributed by atoms with van der Waals surface area (Å²) >= 11 is 0. The number of rotatable bonds is 4. The standard InChI is InChI=1S/C13H15N3O/c1-10(17)7-9-16-12-5-3-2-4-11(12)15-13(16)6-8-14/h2-5,10,17H,6-7,9H2,1H3. The second-order valence-corrected chi connectivity index (χ2v) is 4.14. The Balaban J connectivity index is 2.41. The molecule has 4 nitrogen and oxygen atoms in total. The fraction of sp³-hybridized carbons (Fsp3) is 0.385. The van der Waals surface area contributed by atoms with Gasteiger partial charge in [0.1, 0.15) is 5.82 Å². The molecule has 1 aromatic carbocycles. The first-order chi connectivity index (χ1) is 8.22. The quantitative estimate of drug-likeness (QED) is 0.870. The van der Waals surface area contributed by atoms with Crippen molar-refractivity contribution in [1.29, 1.82) is 5.26 Å². The molecule has 0 aliphatic heterocycles. The van der Waals surface area contributed by atoms with Crippen LogP contribution >= 0.6 is 0 Å². The topological polar surface area (TPSA) is 61.8 Å². The molecule has 0 spiro atoms. The summed E-state index contributed by atoms with van der Waals surface area (Å²) in [7, 11) is 0. The summed E-state index contributed by atoms with van der Waals surface area (Å²) in [6.45, 7) is 2.46. The molecule has 17 heavy (non-hydrogen) atoms. The lowest BCUT2D eigenvalue weighted by Crippen LogP contribution is -2.09. The number of hydrogen-bond donors (Lipinski definition) is 1. The molecule has 0 bridgehead atoms. The zero-order chi connectivity index (χ0) is 12.3. The molecule has 0 fully saturated rings. The van der Waals surface area contributed by atoms with E-state index in [1.165, 1.54) is 0 Å². The van der Waals surface area contributed by atoms with Crippen LogP contribution in [0.2, 0.25) is 0 Å². The molecule has 0 saturated heterocycles. The molecular weight excluding hydrogens is 214 g/mol. The molecule has 1 N–H and O–H groups in total. The van der Waals surface area contributed by atoms with Crippen molar-refractivity contribution >= 4 is 11.0 Å². The van der Waals surface area contributed by atoms with Gasteiger partial charge in [-0.25, -0.2) is 4.98 Å². The molecule has 0 saturated carbocycles. The summed E-state index contributed by atoms with van der Waals surface area (Å²) in [4.78, 5) is 4.44. The van der Waals surface area contributed by atoms with E-state index in [0.29, 0.717) is 19.4 Å². The SMILES string of the molecule is CC(O)CCn1c(CC#N)nc2ccccc21. The maximum Gasteiger partial charge on any atom is 0.124 e. The van der Waals surface area contributed by atoms with E-state index < -0.39 is 0 Å². The number of hydrogen-bond acceptors (Lipinski definition) is 3. The van der Waals surface area contributed by atoms with Gasteiger partial charge in [0.2, 0.25) is 0 Å². The highest BCUT2D eigenvalue weighted by atomic mass is 16.3. The number of aliphatic hydroxyl groups excluding tert-OH is 1. The smallest absolute Gasteiger partial charge is 0.124 e. The van der Waals surface area contributed by atoms with Crippen LogP contribution < -0.4 is 0 Å². The molecule has 88 valence electrons. The van der Waals surface area contributed by atoms with Crippen LogP contribution in [0.1, 0.15) is 19.2 Å². The minimum absolute atomic E-state index is 0.300. The predicted octanol–water partition coefficient (Wildman–Crippen LogP) is 1.87. The highest BCUT2D eigenvalue weighted by Crippen LogP contribution is 2.17. The largest absolute Gasteiger partial charge is 0.393 e. The zero-order valence-electron chi connectivity index (χ0n) is 9.80. The third-order valence-electron chi connectivity index (χ3n) is 2.74. The normalized spacial score (nSPS) is 12.5. The Hall–Kier alpha value is -1.86. The lowest BCUT2D eigenvalue weighted by molar-refractivity contribution is 0.178. The fourth-order valence-corrected chi connectivity index (χ4v) is 1.90. The van der Waals surface area contributed by atoms with Crippen molar-refractivity contribution in [3.05, 3.63) is 30.1 Å². The van der Waals surface area contributed by atoms with Crippen LogP contribution in [-0.4, -0.2) is 20.8 Å². The highest BCUT2D eigenvalue weighted by Gasteiger charge is 2.10. The number of aliphatic hydroxyl groups is 1. The number of nitriles is 1. The van der Waals surface area contributed by atoms with Crippen LogP contribution in [0.5, 0.6) is 0 Å². The lowest BCUT2D eigenvalue weighted by Gasteiger charge is -2.08. The molecule has 0 radical (unpaired) electrons. The molecule has 1 heterocycles. The van der Waals surface area contributed by atoms with E-state index in [1.54, 1.807) is 6.92 Å². The van der Waals surface area contributed by atoms with E-state index in [1.807, 2.05) is 28.8 Å². The van der Waals surface area contributed by atoms with Crippen molar-refractivity contribution in [1.82, 2.24) is 9.55 Å². The predicted molar refractivity (Wildman–Crippen MR) is 65.3 cm³/mol. The summed E-state index contributed by atoms with van der Waals surface area (Å²) < 4.78 is 2.02. The van der Waals surface area contributed by atoms with Gasteiger partial charge in [-0.3, -0.25) is 0 Å². The molecule has 0 aliphatic carbocycles. The Morgan fingerprint density at radius 2 is 2.24 bits per heavy atom. The van der Waals surface area contributed by atoms with Gasteiger partial charge in [0.15, 0.2) is 0 Å². The Bertz CT molecular complexity index is 551.